The second kappa shape index (κ2) is 5.54. The molecule has 20 heavy (non-hydrogen) atoms. The predicted octanol–water partition coefficient (Wildman–Crippen LogP) is 2.41. The molecule has 0 aliphatic carbocycles. The Balaban J connectivity index is 1.82. The van der Waals surface area contributed by atoms with E-state index in [1.165, 1.54) is 24.4 Å². The molecule has 3 heterocycles. The summed E-state index contributed by atoms with van der Waals surface area (Å²) in [5, 5.41) is 7.70. The normalized spacial score (nSPS) is 19.6. The first-order valence-electron chi connectivity index (χ1n) is 7.04. The third-order valence-electron chi connectivity index (χ3n) is 3.79. The van der Waals surface area contributed by atoms with E-state index in [-0.39, 0.29) is 0 Å². The van der Waals surface area contributed by atoms with Crippen molar-refractivity contribution in [1.29, 1.82) is 0 Å². The van der Waals surface area contributed by atoms with Gasteiger partial charge in [0.25, 0.3) is 0 Å². The van der Waals surface area contributed by atoms with Gasteiger partial charge in [0.05, 0.1) is 5.39 Å². The van der Waals surface area contributed by atoms with Gasteiger partial charge in [-0.2, -0.15) is 4.98 Å². The van der Waals surface area contributed by atoms with Gasteiger partial charge in [-0.1, -0.05) is 0 Å². The third kappa shape index (κ3) is 2.71. The van der Waals surface area contributed by atoms with Crippen LogP contribution >= 0.6 is 11.3 Å². The van der Waals surface area contributed by atoms with E-state index in [0.717, 1.165) is 22.6 Å². The minimum Gasteiger partial charge on any atom is -0.369 e. The van der Waals surface area contributed by atoms with E-state index in [0.29, 0.717) is 11.9 Å². The molecule has 0 bridgehead atoms. The molecule has 0 spiro atoms. The first kappa shape index (κ1) is 13.6. The maximum atomic E-state index is 4.57. The van der Waals surface area contributed by atoms with Crippen LogP contribution in [0, 0.1) is 12.8 Å². The minimum atomic E-state index is 0.686. The Kier molecular flexibility index (Phi) is 3.76. The molecule has 0 saturated carbocycles. The zero-order valence-corrected chi connectivity index (χ0v) is 13.0. The lowest BCUT2D eigenvalue weighted by atomic mass is 10.1. The Morgan fingerprint density at radius 1 is 1.45 bits per heavy atom. The monoisotopic (exact) mass is 291 g/mol. The van der Waals surface area contributed by atoms with Crippen molar-refractivity contribution in [2.24, 2.45) is 5.92 Å². The average Bonchev–Trinajstić information content (AvgIpc) is 3.00. The summed E-state index contributed by atoms with van der Waals surface area (Å²) < 4.78 is 0. The van der Waals surface area contributed by atoms with Crippen LogP contribution in [0.4, 0.5) is 11.8 Å². The Bertz CT molecular complexity index is 609. The van der Waals surface area contributed by atoms with Gasteiger partial charge >= 0.3 is 0 Å². The van der Waals surface area contributed by atoms with E-state index >= 15 is 0 Å². The van der Waals surface area contributed by atoms with E-state index in [1.54, 1.807) is 11.3 Å². The number of hydrogen-bond donors (Lipinski definition) is 2. The van der Waals surface area contributed by atoms with E-state index in [9.17, 15) is 0 Å². The molecule has 0 amide bonds. The van der Waals surface area contributed by atoms with Gasteiger partial charge in [-0.15, -0.1) is 11.3 Å². The fourth-order valence-corrected chi connectivity index (χ4v) is 3.60. The molecule has 108 valence electrons. The highest BCUT2D eigenvalue weighted by atomic mass is 32.1. The van der Waals surface area contributed by atoms with Crippen molar-refractivity contribution in [3.05, 3.63) is 10.9 Å². The number of aryl methyl sites for hydroxylation is 1. The molecule has 5 nitrogen and oxygen atoms in total. The summed E-state index contributed by atoms with van der Waals surface area (Å²) in [7, 11) is 4.04. The molecule has 2 aromatic heterocycles. The van der Waals surface area contributed by atoms with Gasteiger partial charge in [0.1, 0.15) is 10.6 Å². The highest BCUT2D eigenvalue weighted by molar-refractivity contribution is 7.18. The van der Waals surface area contributed by atoms with Crippen molar-refractivity contribution in [3.63, 3.8) is 0 Å². The molecule has 1 saturated heterocycles. The third-order valence-corrected chi connectivity index (χ3v) is 4.73. The minimum absolute atomic E-state index is 0.686. The molecule has 1 unspecified atom stereocenters. The van der Waals surface area contributed by atoms with Crippen LogP contribution in [0.5, 0.6) is 0 Å². The van der Waals surface area contributed by atoms with Gasteiger partial charge in [0, 0.05) is 25.0 Å². The number of fused-ring (bicyclic) bond motifs is 1. The fraction of sp³-hybridized carbons (Fsp3) is 0.571. The highest BCUT2D eigenvalue weighted by Crippen LogP contribution is 2.29. The van der Waals surface area contributed by atoms with Crippen LogP contribution in [0.3, 0.4) is 0 Å². The molecular weight excluding hydrogens is 270 g/mol. The highest BCUT2D eigenvalue weighted by Gasteiger charge is 2.20. The summed E-state index contributed by atoms with van der Waals surface area (Å²) in [6.07, 6.45) is 1.26. The van der Waals surface area contributed by atoms with Gasteiger partial charge in [0.2, 0.25) is 5.95 Å². The molecular formula is C14H21N5S. The lowest BCUT2D eigenvalue weighted by Crippen LogP contribution is -2.19. The predicted molar refractivity (Wildman–Crippen MR) is 85.8 cm³/mol. The van der Waals surface area contributed by atoms with Crippen molar-refractivity contribution in [2.45, 2.75) is 13.3 Å². The summed E-state index contributed by atoms with van der Waals surface area (Å²) in [6.45, 7) is 5.46. The maximum absolute atomic E-state index is 4.57. The molecule has 3 rings (SSSR count). The van der Waals surface area contributed by atoms with Crippen molar-refractivity contribution < 1.29 is 0 Å². The van der Waals surface area contributed by atoms with Gasteiger partial charge in [-0.05, 0) is 38.9 Å². The molecule has 0 radical (unpaired) electrons. The van der Waals surface area contributed by atoms with E-state index < -0.39 is 0 Å². The van der Waals surface area contributed by atoms with Crippen molar-refractivity contribution in [3.8, 4) is 0 Å². The Hall–Kier alpha value is -1.40. The van der Waals surface area contributed by atoms with Gasteiger partial charge in [-0.3, -0.25) is 0 Å². The number of likely N-dealkylation sites (tertiary alicyclic amines) is 1. The molecule has 2 N–H and O–H groups in total. The van der Waals surface area contributed by atoms with Crippen molar-refractivity contribution in [2.75, 3.05) is 44.4 Å². The maximum Gasteiger partial charge on any atom is 0.225 e. The average molecular weight is 291 g/mol. The van der Waals surface area contributed by atoms with Crippen LogP contribution in [0.25, 0.3) is 10.2 Å². The number of hydrogen-bond acceptors (Lipinski definition) is 6. The summed E-state index contributed by atoms with van der Waals surface area (Å²) in [6, 6.07) is 2.17. The zero-order valence-electron chi connectivity index (χ0n) is 12.2. The van der Waals surface area contributed by atoms with E-state index in [1.807, 2.05) is 7.05 Å². The number of anilines is 2. The van der Waals surface area contributed by atoms with E-state index in [2.05, 4.69) is 45.5 Å². The summed E-state index contributed by atoms with van der Waals surface area (Å²) >= 11 is 1.71. The second-order valence-electron chi connectivity index (χ2n) is 5.52. The van der Waals surface area contributed by atoms with Crippen LogP contribution in [0.1, 0.15) is 11.3 Å². The Morgan fingerprint density at radius 2 is 2.30 bits per heavy atom. The van der Waals surface area contributed by atoms with Crippen molar-refractivity contribution >= 4 is 33.3 Å². The molecule has 1 aliphatic rings. The SMILES string of the molecule is CNc1nc(NCC2CCN(C)C2)c2cc(C)sc2n1. The topological polar surface area (TPSA) is 53.1 Å². The summed E-state index contributed by atoms with van der Waals surface area (Å²) in [5.74, 6) is 2.35. The summed E-state index contributed by atoms with van der Waals surface area (Å²) in [5.41, 5.74) is 0. The van der Waals surface area contributed by atoms with Crippen molar-refractivity contribution in [1.82, 2.24) is 14.9 Å². The molecule has 2 aromatic rings. The van der Waals surface area contributed by atoms with Gasteiger partial charge < -0.3 is 15.5 Å². The lowest BCUT2D eigenvalue weighted by Gasteiger charge is -2.13. The Morgan fingerprint density at radius 3 is 3.00 bits per heavy atom. The largest absolute Gasteiger partial charge is 0.369 e. The first-order valence-corrected chi connectivity index (χ1v) is 7.85. The fourth-order valence-electron chi connectivity index (χ4n) is 2.72. The second-order valence-corrected chi connectivity index (χ2v) is 6.75. The van der Waals surface area contributed by atoms with E-state index in [4.69, 9.17) is 0 Å². The molecule has 0 aromatic carbocycles. The molecule has 1 fully saturated rings. The van der Waals surface area contributed by atoms with Crippen LogP contribution in [0.2, 0.25) is 0 Å². The number of nitrogens with one attached hydrogen (secondary N) is 2. The van der Waals surface area contributed by atoms with Gasteiger partial charge in [-0.25, -0.2) is 4.98 Å². The summed E-state index contributed by atoms with van der Waals surface area (Å²) in [4.78, 5) is 13.8. The van der Waals surface area contributed by atoms with Crippen LogP contribution in [-0.4, -0.2) is 48.6 Å². The quantitative estimate of drug-likeness (QED) is 0.906. The zero-order chi connectivity index (χ0) is 14.1. The molecule has 6 heteroatoms. The number of nitrogens with zero attached hydrogens (tertiary/aromatic N) is 3. The number of rotatable bonds is 4. The van der Waals surface area contributed by atoms with Gasteiger partial charge in [0.15, 0.2) is 0 Å². The number of thiophene rings is 1. The van der Waals surface area contributed by atoms with Crippen LogP contribution in [-0.2, 0) is 0 Å². The Labute approximate surface area is 123 Å². The lowest BCUT2D eigenvalue weighted by molar-refractivity contribution is 0.399. The van der Waals surface area contributed by atoms with Crippen LogP contribution < -0.4 is 10.6 Å². The molecule has 1 aliphatic heterocycles. The number of aromatic nitrogens is 2. The standard InChI is InChI=1S/C14H21N5S/c1-9-6-11-12(16-7-10-4-5-19(3)8-10)17-14(15-2)18-13(11)20-9/h6,10H,4-5,7-8H2,1-3H3,(H2,15,16,17,18). The smallest absolute Gasteiger partial charge is 0.225 e. The first-order chi connectivity index (χ1) is 9.65. The van der Waals surface area contributed by atoms with Crippen LogP contribution in [0.15, 0.2) is 6.07 Å². The molecule has 1 atom stereocenters.